The minimum atomic E-state index is -0.281. The summed E-state index contributed by atoms with van der Waals surface area (Å²) in [6.07, 6.45) is 1.73. The molecule has 34 heavy (non-hydrogen) atoms. The Balaban J connectivity index is 1.42. The van der Waals surface area contributed by atoms with Gasteiger partial charge < -0.3 is 15.4 Å². The van der Waals surface area contributed by atoms with Gasteiger partial charge in [-0.05, 0) is 61.0 Å². The van der Waals surface area contributed by atoms with Gasteiger partial charge in [-0.15, -0.1) is 0 Å². The van der Waals surface area contributed by atoms with E-state index in [0.29, 0.717) is 29.2 Å². The van der Waals surface area contributed by atoms with E-state index in [-0.39, 0.29) is 17.9 Å². The lowest BCUT2D eigenvalue weighted by Crippen LogP contribution is -2.28. The largest absolute Gasteiger partial charge is 0.487 e. The van der Waals surface area contributed by atoms with Crippen LogP contribution >= 0.6 is 0 Å². The number of ether oxygens (including phenoxy) is 1. The van der Waals surface area contributed by atoms with Crippen LogP contribution in [0.4, 0.5) is 5.69 Å². The smallest absolute Gasteiger partial charge is 0.255 e. The molecule has 170 valence electrons. The number of anilines is 1. The van der Waals surface area contributed by atoms with Gasteiger partial charge in [-0.2, -0.15) is 0 Å². The van der Waals surface area contributed by atoms with E-state index in [2.05, 4.69) is 15.6 Å². The van der Waals surface area contributed by atoms with Crippen LogP contribution < -0.4 is 15.4 Å². The molecule has 6 heteroatoms. The number of aromatic nitrogens is 1. The molecule has 0 bridgehead atoms. The fourth-order valence-electron chi connectivity index (χ4n) is 3.45. The number of amides is 2. The van der Waals surface area contributed by atoms with Crippen LogP contribution in [0, 0.1) is 0 Å². The quantitative estimate of drug-likeness (QED) is 0.376. The lowest BCUT2D eigenvalue weighted by molar-refractivity contribution is 0.0940. The number of hydrogen-bond acceptors (Lipinski definition) is 4. The second-order valence-corrected chi connectivity index (χ2v) is 7.74. The van der Waals surface area contributed by atoms with Crippen LogP contribution in [-0.4, -0.2) is 16.8 Å². The molecule has 4 rings (SSSR count). The molecule has 6 nitrogen and oxygen atoms in total. The summed E-state index contributed by atoms with van der Waals surface area (Å²) < 4.78 is 5.85. The zero-order valence-corrected chi connectivity index (χ0v) is 18.8. The average molecular weight is 452 g/mol. The minimum Gasteiger partial charge on any atom is -0.487 e. The normalized spacial score (nSPS) is 11.3. The van der Waals surface area contributed by atoms with Gasteiger partial charge in [0.1, 0.15) is 12.4 Å². The predicted molar refractivity (Wildman–Crippen MR) is 132 cm³/mol. The molecule has 0 aliphatic rings. The fourth-order valence-corrected chi connectivity index (χ4v) is 3.45. The van der Waals surface area contributed by atoms with Crippen molar-refractivity contribution in [1.29, 1.82) is 0 Å². The molecule has 0 aliphatic heterocycles. The molecule has 0 saturated heterocycles. The first-order valence-electron chi connectivity index (χ1n) is 11.0. The molecule has 0 saturated carbocycles. The fraction of sp³-hybridized carbons (Fsp3) is 0.107. The van der Waals surface area contributed by atoms with Crippen LogP contribution in [0.3, 0.4) is 0 Å². The second-order valence-electron chi connectivity index (χ2n) is 7.74. The van der Waals surface area contributed by atoms with Crippen LogP contribution in [0.2, 0.25) is 0 Å². The Morgan fingerprint density at radius 3 is 2.41 bits per heavy atom. The average Bonchev–Trinajstić information content (AvgIpc) is 2.89. The highest BCUT2D eigenvalue weighted by Gasteiger charge is 2.17. The molecule has 0 fully saturated rings. The van der Waals surface area contributed by atoms with Gasteiger partial charge in [0.05, 0.1) is 23.0 Å². The molecular formula is C28H25N3O3. The first kappa shape index (κ1) is 22.7. The highest BCUT2D eigenvalue weighted by molar-refractivity contribution is 6.09. The van der Waals surface area contributed by atoms with E-state index in [1.54, 1.807) is 54.7 Å². The maximum atomic E-state index is 13.1. The second kappa shape index (κ2) is 10.9. The zero-order chi connectivity index (χ0) is 23.8. The zero-order valence-electron chi connectivity index (χ0n) is 18.8. The maximum absolute atomic E-state index is 13.1. The summed E-state index contributed by atoms with van der Waals surface area (Å²) in [5.74, 6) is 0.141. The third-order valence-corrected chi connectivity index (χ3v) is 5.27. The van der Waals surface area contributed by atoms with Gasteiger partial charge in [-0.25, -0.2) is 0 Å². The Morgan fingerprint density at radius 2 is 1.62 bits per heavy atom. The third-order valence-electron chi connectivity index (χ3n) is 5.27. The van der Waals surface area contributed by atoms with Gasteiger partial charge in [0.15, 0.2) is 0 Å². The Labute approximate surface area is 198 Å². The third kappa shape index (κ3) is 5.86. The molecule has 4 aromatic rings. The van der Waals surface area contributed by atoms with Crippen molar-refractivity contribution in [2.75, 3.05) is 5.32 Å². The van der Waals surface area contributed by atoms with Gasteiger partial charge in [-0.3, -0.25) is 14.6 Å². The first-order chi connectivity index (χ1) is 16.6. The highest BCUT2D eigenvalue weighted by Crippen LogP contribution is 2.22. The van der Waals surface area contributed by atoms with Crippen molar-refractivity contribution >= 4 is 17.5 Å². The number of para-hydroxylation sites is 1. The lowest BCUT2D eigenvalue weighted by atomic mass is 10.1. The molecule has 3 aromatic carbocycles. The minimum absolute atomic E-state index is 0.272. The summed E-state index contributed by atoms with van der Waals surface area (Å²) in [4.78, 5) is 29.9. The topological polar surface area (TPSA) is 80.3 Å². The summed E-state index contributed by atoms with van der Waals surface area (Å²) in [5, 5.41) is 5.85. The summed E-state index contributed by atoms with van der Waals surface area (Å²) in [6.45, 7) is 2.26. The van der Waals surface area contributed by atoms with Crippen LogP contribution in [0.5, 0.6) is 5.75 Å². The highest BCUT2D eigenvalue weighted by atomic mass is 16.5. The number of benzene rings is 3. The van der Waals surface area contributed by atoms with Gasteiger partial charge in [0, 0.05) is 11.8 Å². The lowest BCUT2D eigenvalue weighted by Gasteiger charge is -2.17. The van der Waals surface area contributed by atoms with Crippen LogP contribution in [0.15, 0.2) is 103 Å². The molecule has 0 spiro atoms. The van der Waals surface area contributed by atoms with E-state index in [1.165, 1.54) is 0 Å². The SMILES string of the molecule is CC(NC(=O)c1ccccc1NC(=O)c1ccccc1)c1cccc(OCc2ccccn2)c1. The maximum Gasteiger partial charge on any atom is 0.255 e. The molecule has 1 unspecified atom stereocenters. The van der Waals surface area contributed by atoms with Gasteiger partial charge in [-0.1, -0.05) is 48.5 Å². The van der Waals surface area contributed by atoms with Gasteiger partial charge in [0.2, 0.25) is 0 Å². The van der Waals surface area contributed by atoms with E-state index >= 15 is 0 Å². The molecule has 2 amide bonds. The molecule has 2 N–H and O–H groups in total. The van der Waals surface area contributed by atoms with Crippen molar-refractivity contribution in [3.63, 3.8) is 0 Å². The van der Waals surface area contributed by atoms with Crippen molar-refractivity contribution in [3.8, 4) is 5.75 Å². The molecule has 0 aliphatic carbocycles. The van der Waals surface area contributed by atoms with E-state index in [9.17, 15) is 9.59 Å². The monoisotopic (exact) mass is 451 g/mol. The van der Waals surface area contributed by atoms with Gasteiger partial charge in [0.25, 0.3) is 11.8 Å². The van der Waals surface area contributed by atoms with E-state index in [1.807, 2.05) is 55.5 Å². The van der Waals surface area contributed by atoms with Crippen molar-refractivity contribution in [2.24, 2.45) is 0 Å². The molecular weight excluding hydrogens is 426 g/mol. The number of nitrogens with zero attached hydrogens (tertiary/aromatic N) is 1. The molecule has 0 radical (unpaired) electrons. The van der Waals surface area contributed by atoms with E-state index < -0.39 is 0 Å². The number of rotatable bonds is 8. The van der Waals surface area contributed by atoms with Crippen molar-refractivity contribution in [3.05, 3.63) is 126 Å². The summed E-state index contributed by atoms with van der Waals surface area (Å²) in [7, 11) is 0. The van der Waals surface area contributed by atoms with Crippen LogP contribution in [0.25, 0.3) is 0 Å². The Bertz CT molecular complexity index is 1260. The van der Waals surface area contributed by atoms with Crippen LogP contribution in [0.1, 0.15) is 44.9 Å². The van der Waals surface area contributed by atoms with Crippen molar-refractivity contribution < 1.29 is 14.3 Å². The molecule has 1 atom stereocenters. The Kier molecular flexibility index (Phi) is 7.30. The summed E-state index contributed by atoms with van der Waals surface area (Å²) in [6, 6.07) is 28.8. The number of carbonyl (C=O) groups excluding carboxylic acids is 2. The van der Waals surface area contributed by atoms with Gasteiger partial charge >= 0.3 is 0 Å². The first-order valence-corrected chi connectivity index (χ1v) is 11.0. The molecule has 1 heterocycles. The van der Waals surface area contributed by atoms with Crippen molar-refractivity contribution in [1.82, 2.24) is 10.3 Å². The summed E-state index contributed by atoms with van der Waals surface area (Å²) in [5.41, 5.74) is 3.10. The van der Waals surface area contributed by atoms with Crippen LogP contribution in [-0.2, 0) is 6.61 Å². The number of hydrogen-bond donors (Lipinski definition) is 2. The number of carbonyl (C=O) groups is 2. The van der Waals surface area contributed by atoms with E-state index in [4.69, 9.17) is 4.74 Å². The number of pyridine rings is 1. The molecule has 1 aromatic heterocycles. The predicted octanol–water partition coefficient (Wildman–Crippen LogP) is 5.40. The van der Waals surface area contributed by atoms with Crippen molar-refractivity contribution in [2.45, 2.75) is 19.6 Å². The summed E-state index contributed by atoms with van der Waals surface area (Å²) >= 11 is 0. The number of nitrogens with one attached hydrogen (secondary N) is 2. The standard InChI is InChI=1S/C28H25N3O3/c1-20(22-12-9-14-24(18-22)34-19-23-13-7-8-17-29-23)30-28(33)25-15-5-6-16-26(25)31-27(32)21-10-3-2-4-11-21/h2-18,20H,19H2,1H3,(H,30,33)(H,31,32). The Morgan fingerprint density at radius 1 is 0.853 bits per heavy atom. The van der Waals surface area contributed by atoms with E-state index in [0.717, 1.165) is 11.3 Å². The Hall–Kier alpha value is -4.45.